The van der Waals surface area contributed by atoms with Gasteiger partial charge in [-0.15, -0.1) is 0 Å². The molecule has 1 saturated carbocycles. The molecule has 3 rings (SSSR count). The molecule has 1 fully saturated rings. The molecule has 1 heterocycles. The van der Waals surface area contributed by atoms with Crippen molar-refractivity contribution < 1.29 is 14.0 Å². The topological polar surface area (TPSA) is 71.3 Å². The van der Waals surface area contributed by atoms with Crippen LogP contribution in [-0.4, -0.2) is 11.8 Å². The molecule has 0 radical (unpaired) electrons. The molecule has 0 aliphatic heterocycles. The van der Waals surface area contributed by atoms with Gasteiger partial charge in [-0.25, -0.2) is 0 Å². The molecule has 1 unspecified atom stereocenters. The zero-order valence-corrected chi connectivity index (χ0v) is 13.5. The Morgan fingerprint density at radius 2 is 1.96 bits per heavy atom. The van der Waals surface area contributed by atoms with E-state index in [0.29, 0.717) is 5.76 Å². The number of anilines is 1. The maximum atomic E-state index is 11.9. The van der Waals surface area contributed by atoms with Crippen molar-refractivity contribution in [1.29, 1.82) is 0 Å². The van der Waals surface area contributed by atoms with Gasteiger partial charge in [-0.3, -0.25) is 9.59 Å². The Morgan fingerprint density at radius 1 is 1.21 bits per heavy atom. The van der Waals surface area contributed by atoms with E-state index in [0.717, 1.165) is 24.1 Å². The maximum absolute atomic E-state index is 11.9. The molecule has 1 atom stereocenters. The minimum atomic E-state index is -0.190. The van der Waals surface area contributed by atoms with Gasteiger partial charge < -0.3 is 15.1 Å². The maximum Gasteiger partial charge on any atom is 0.244 e. The van der Waals surface area contributed by atoms with Crippen LogP contribution < -0.4 is 10.6 Å². The molecule has 124 valence electrons. The van der Waals surface area contributed by atoms with E-state index < -0.39 is 0 Å². The Kier molecular flexibility index (Phi) is 4.79. The lowest BCUT2D eigenvalue weighted by atomic mass is 10.1. The Balaban J connectivity index is 1.53. The fraction of sp³-hybridized carbons (Fsp3) is 0.263. The summed E-state index contributed by atoms with van der Waals surface area (Å²) in [6.07, 6.45) is 6.60. The highest BCUT2D eigenvalue weighted by molar-refractivity contribution is 5.94. The van der Waals surface area contributed by atoms with E-state index in [9.17, 15) is 9.59 Å². The quantitative estimate of drug-likeness (QED) is 0.799. The Hall–Kier alpha value is -2.82. The lowest BCUT2D eigenvalue weighted by Gasteiger charge is -2.14. The molecule has 1 aliphatic carbocycles. The molecule has 2 N–H and O–H groups in total. The van der Waals surface area contributed by atoms with Crippen molar-refractivity contribution in [3.63, 3.8) is 0 Å². The number of hydrogen-bond donors (Lipinski definition) is 2. The summed E-state index contributed by atoms with van der Waals surface area (Å²) >= 11 is 0. The molecule has 1 aromatic heterocycles. The second-order valence-electron chi connectivity index (χ2n) is 5.96. The number of carbonyl (C=O) groups is 2. The number of carbonyl (C=O) groups excluding carboxylic acids is 2. The average molecular weight is 324 g/mol. The molecular weight excluding hydrogens is 304 g/mol. The van der Waals surface area contributed by atoms with Crippen LogP contribution in [0.4, 0.5) is 5.69 Å². The van der Waals surface area contributed by atoms with Crippen molar-refractivity contribution in [2.45, 2.75) is 25.8 Å². The summed E-state index contributed by atoms with van der Waals surface area (Å²) in [5.74, 6) is 0.717. The standard InChI is InChI=1S/C19H20N2O3/c1-13(20-18(22)11-10-17-3-2-12-24-17)14-6-8-16(9-7-14)21-19(23)15-4-5-15/h2-3,6-13,15H,4-5H2,1H3,(H,20,22)(H,21,23). The fourth-order valence-electron chi connectivity index (χ4n) is 2.33. The van der Waals surface area contributed by atoms with Gasteiger partial charge in [-0.05, 0) is 55.7 Å². The first-order valence-corrected chi connectivity index (χ1v) is 8.05. The predicted molar refractivity (Wildman–Crippen MR) is 92.1 cm³/mol. The van der Waals surface area contributed by atoms with Crippen molar-refractivity contribution in [3.8, 4) is 0 Å². The summed E-state index contributed by atoms with van der Waals surface area (Å²) in [5.41, 5.74) is 1.76. The highest BCUT2D eigenvalue weighted by atomic mass is 16.3. The van der Waals surface area contributed by atoms with Crippen molar-refractivity contribution in [1.82, 2.24) is 5.32 Å². The van der Waals surface area contributed by atoms with Gasteiger partial charge in [0.15, 0.2) is 0 Å². The monoisotopic (exact) mass is 324 g/mol. The first-order chi connectivity index (χ1) is 11.6. The van der Waals surface area contributed by atoms with Crippen LogP contribution in [0.3, 0.4) is 0 Å². The van der Waals surface area contributed by atoms with Crippen LogP contribution in [0.1, 0.15) is 37.1 Å². The lowest BCUT2D eigenvalue weighted by molar-refractivity contribution is -0.118. The molecule has 1 aliphatic rings. The third-order valence-electron chi connectivity index (χ3n) is 3.93. The van der Waals surface area contributed by atoms with Gasteiger partial charge in [0.2, 0.25) is 11.8 Å². The van der Waals surface area contributed by atoms with Gasteiger partial charge in [0.25, 0.3) is 0 Å². The first kappa shape index (κ1) is 16.1. The number of hydrogen-bond acceptors (Lipinski definition) is 3. The largest absolute Gasteiger partial charge is 0.465 e. The summed E-state index contributed by atoms with van der Waals surface area (Å²) in [4.78, 5) is 23.6. The normalized spacial score (nSPS) is 15.2. The van der Waals surface area contributed by atoms with E-state index in [-0.39, 0.29) is 23.8 Å². The lowest BCUT2D eigenvalue weighted by Crippen LogP contribution is -2.24. The SMILES string of the molecule is CC(NC(=O)C=Cc1ccco1)c1ccc(NC(=O)C2CC2)cc1. The van der Waals surface area contributed by atoms with Crippen LogP contribution in [0.2, 0.25) is 0 Å². The van der Waals surface area contributed by atoms with Gasteiger partial charge >= 0.3 is 0 Å². The zero-order valence-electron chi connectivity index (χ0n) is 13.5. The minimum Gasteiger partial charge on any atom is -0.465 e. The molecule has 5 heteroatoms. The van der Waals surface area contributed by atoms with Gasteiger partial charge in [-0.1, -0.05) is 12.1 Å². The van der Waals surface area contributed by atoms with Crippen molar-refractivity contribution in [2.75, 3.05) is 5.32 Å². The van der Waals surface area contributed by atoms with E-state index in [4.69, 9.17) is 4.42 Å². The number of amides is 2. The molecule has 2 amide bonds. The van der Waals surface area contributed by atoms with Crippen molar-refractivity contribution in [3.05, 3.63) is 60.1 Å². The Bertz CT molecular complexity index is 728. The predicted octanol–water partition coefficient (Wildman–Crippen LogP) is 3.52. The average Bonchev–Trinajstić information content (AvgIpc) is 3.30. The summed E-state index contributed by atoms with van der Waals surface area (Å²) in [5, 5.41) is 5.79. The Labute approximate surface area is 140 Å². The van der Waals surface area contributed by atoms with Crippen LogP contribution >= 0.6 is 0 Å². The van der Waals surface area contributed by atoms with E-state index in [1.807, 2.05) is 31.2 Å². The van der Waals surface area contributed by atoms with Crippen LogP contribution in [0.5, 0.6) is 0 Å². The number of rotatable bonds is 6. The fourth-order valence-corrected chi connectivity index (χ4v) is 2.33. The summed E-state index contributed by atoms with van der Waals surface area (Å²) in [6.45, 7) is 1.91. The highest BCUT2D eigenvalue weighted by Crippen LogP contribution is 2.30. The van der Waals surface area contributed by atoms with Gasteiger partial charge in [-0.2, -0.15) is 0 Å². The third-order valence-corrected chi connectivity index (χ3v) is 3.93. The molecule has 5 nitrogen and oxygen atoms in total. The van der Waals surface area contributed by atoms with Crippen molar-refractivity contribution in [2.24, 2.45) is 5.92 Å². The van der Waals surface area contributed by atoms with Gasteiger partial charge in [0.05, 0.1) is 12.3 Å². The highest BCUT2D eigenvalue weighted by Gasteiger charge is 2.29. The summed E-state index contributed by atoms with van der Waals surface area (Å²) in [6, 6.07) is 10.9. The van der Waals surface area contributed by atoms with E-state index in [1.54, 1.807) is 24.5 Å². The van der Waals surface area contributed by atoms with Gasteiger partial charge in [0.1, 0.15) is 5.76 Å². The van der Waals surface area contributed by atoms with Crippen LogP contribution in [-0.2, 0) is 9.59 Å². The second-order valence-corrected chi connectivity index (χ2v) is 5.96. The first-order valence-electron chi connectivity index (χ1n) is 8.05. The Morgan fingerprint density at radius 3 is 2.58 bits per heavy atom. The zero-order chi connectivity index (χ0) is 16.9. The molecule has 0 spiro atoms. The van der Waals surface area contributed by atoms with Crippen LogP contribution in [0.25, 0.3) is 6.08 Å². The molecule has 0 saturated heterocycles. The minimum absolute atomic E-state index is 0.0900. The van der Waals surface area contributed by atoms with Crippen LogP contribution in [0.15, 0.2) is 53.2 Å². The van der Waals surface area contributed by atoms with Crippen molar-refractivity contribution >= 4 is 23.6 Å². The van der Waals surface area contributed by atoms with Gasteiger partial charge in [0, 0.05) is 17.7 Å². The summed E-state index contributed by atoms with van der Waals surface area (Å²) < 4.78 is 5.14. The van der Waals surface area contributed by atoms with E-state index in [1.165, 1.54) is 6.08 Å². The number of nitrogens with one attached hydrogen (secondary N) is 2. The van der Waals surface area contributed by atoms with Crippen LogP contribution in [0, 0.1) is 5.92 Å². The number of benzene rings is 1. The molecule has 2 aromatic rings. The van der Waals surface area contributed by atoms with E-state index >= 15 is 0 Å². The molecule has 1 aromatic carbocycles. The molecule has 24 heavy (non-hydrogen) atoms. The summed E-state index contributed by atoms with van der Waals surface area (Å²) in [7, 11) is 0. The molecule has 0 bridgehead atoms. The second kappa shape index (κ2) is 7.17. The smallest absolute Gasteiger partial charge is 0.244 e. The molecular formula is C19H20N2O3. The third kappa shape index (κ3) is 4.35. The number of furan rings is 1. The van der Waals surface area contributed by atoms with E-state index in [2.05, 4.69) is 10.6 Å².